The lowest BCUT2D eigenvalue weighted by Gasteiger charge is -2.10. The van der Waals surface area contributed by atoms with E-state index in [0.29, 0.717) is 11.1 Å². The summed E-state index contributed by atoms with van der Waals surface area (Å²) in [5.41, 5.74) is 1.03. The number of fused-ring (bicyclic) bond motifs is 1. The van der Waals surface area contributed by atoms with Crippen molar-refractivity contribution in [2.24, 2.45) is 5.41 Å². The van der Waals surface area contributed by atoms with Crippen LogP contribution in [0.3, 0.4) is 0 Å². The van der Waals surface area contributed by atoms with Gasteiger partial charge in [-0.15, -0.1) is 0 Å². The molecule has 0 saturated carbocycles. The number of benzene rings is 1. The third kappa shape index (κ3) is 3.98. The predicted molar refractivity (Wildman–Crippen MR) is 91.9 cm³/mol. The third-order valence-electron chi connectivity index (χ3n) is 3.39. The summed E-state index contributed by atoms with van der Waals surface area (Å²) >= 11 is 0. The minimum absolute atomic E-state index is 0.0703. The molecular weight excluding hydrogens is 272 g/mol. The van der Waals surface area contributed by atoms with Gasteiger partial charge in [0.25, 0.3) is 0 Å². The van der Waals surface area contributed by atoms with Gasteiger partial charge in [-0.3, -0.25) is 9.48 Å². The fourth-order valence-corrected chi connectivity index (χ4v) is 2.25. The van der Waals surface area contributed by atoms with Crippen molar-refractivity contribution in [2.45, 2.75) is 53.5 Å². The van der Waals surface area contributed by atoms with Gasteiger partial charge in [0.15, 0.2) is 5.69 Å². The maximum Gasteiger partial charge on any atom is 0.223 e. The first-order chi connectivity index (χ1) is 10.4. The largest absolute Gasteiger partial charge is 0.286 e. The quantitative estimate of drug-likeness (QED) is 0.632. The number of aryl methyl sites for hydroxylation is 1. The van der Waals surface area contributed by atoms with Crippen LogP contribution in [0.25, 0.3) is 10.9 Å². The van der Waals surface area contributed by atoms with Crippen molar-refractivity contribution in [3.05, 3.63) is 40.2 Å². The third-order valence-corrected chi connectivity index (χ3v) is 3.39. The maximum atomic E-state index is 12.5. The van der Waals surface area contributed by atoms with Gasteiger partial charge in [-0.2, -0.15) is 5.10 Å². The number of rotatable bonds is 4. The zero-order valence-electron chi connectivity index (χ0n) is 13.9. The molecule has 0 unspecified atom stereocenters. The Morgan fingerprint density at radius 3 is 2.59 bits per heavy atom. The number of para-hydroxylation sites is 1. The number of hydrogen-bond acceptors (Lipinski definition) is 2. The summed E-state index contributed by atoms with van der Waals surface area (Å²) in [6, 6.07) is 7.65. The molecule has 2 aromatic rings. The lowest BCUT2D eigenvalue weighted by atomic mass is 9.98. The van der Waals surface area contributed by atoms with Gasteiger partial charge < -0.3 is 0 Å². The Bertz CT molecular complexity index is 770. The summed E-state index contributed by atoms with van der Waals surface area (Å²) in [6.07, 6.45) is 3.38. The van der Waals surface area contributed by atoms with Gasteiger partial charge >= 0.3 is 0 Å². The SMILES string of the molecule is CCCCCn1nc(C#CC(C)(C)C)c(=O)c2ccccc21. The first kappa shape index (κ1) is 16.3. The molecule has 0 spiro atoms. The fraction of sp³-hybridized carbons (Fsp3) is 0.474. The van der Waals surface area contributed by atoms with Crippen LogP contribution in [0.15, 0.2) is 29.1 Å². The van der Waals surface area contributed by atoms with Crippen molar-refractivity contribution in [1.29, 1.82) is 0 Å². The van der Waals surface area contributed by atoms with E-state index in [9.17, 15) is 4.79 Å². The zero-order valence-corrected chi connectivity index (χ0v) is 13.9. The van der Waals surface area contributed by atoms with Gasteiger partial charge in [-0.1, -0.05) is 37.8 Å². The maximum absolute atomic E-state index is 12.5. The van der Waals surface area contributed by atoms with E-state index in [2.05, 4.69) is 23.9 Å². The average molecular weight is 296 g/mol. The Kier molecular flexibility index (Phi) is 5.03. The first-order valence-electron chi connectivity index (χ1n) is 7.95. The lowest BCUT2D eigenvalue weighted by molar-refractivity contribution is 0.557. The van der Waals surface area contributed by atoms with E-state index in [0.717, 1.165) is 31.3 Å². The molecule has 0 aliphatic rings. The van der Waals surface area contributed by atoms with Crippen LogP contribution in [0.4, 0.5) is 0 Å². The normalized spacial score (nSPS) is 11.3. The van der Waals surface area contributed by atoms with E-state index in [1.54, 1.807) is 0 Å². The fourth-order valence-electron chi connectivity index (χ4n) is 2.25. The first-order valence-corrected chi connectivity index (χ1v) is 7.95. The second-order valence-corrected chi connectivity index (χ2v) is 6.63. The molecule has 0 N–H and O–H groups in total. The van der Waals surface area contributed by atoms with E-state index >= 15 is 0 Å². The Hall–Kier alpha value is -2.08. The summed E-state index contributed by atoms with van der Waals surface area (Å²) in [5, 5.41) is 5.21. The molecule has 1 heterocycles. The molecule has 2 rings (SSSR count). The van der Waals surface area contributed by atoms with Crippen LogP contribution in [-0.4, -0.2) is 9.78 Å². The van der Waals surface area contributed by atoms with Crippen LogP contribution in [0.1, 0.15) is 52.7 Å². The molecule has 1 aromatic carbocycles. The Morgan fingerprint density at radius 1 is 1.18 bits per heavy atom. The van der Waals surface area contributed by atoms with Crippen molar-refractivity contribution < 1.29 is 0 Å². The molecule has 3 nitrogen and oxygen atoms in total. The average Bonchev–Trinajstić information content (AvgIpc) is 2.48. The Labute approximate surface area is 132 Å². The molecule has 0 aliphatic carbocycles. The molecule has 0 atom stereocenters. The zero-order chi connectivity index (χ0) is 16.2. The van der Waals surface area contributed by atoms with Crippen LogP contribution >= 0.6 is 0 Å². The second-order valence-electron chi connectivity index (χ2n) is 6.63. The summed E-state index contributed by atoms with van der Waals surface area (Å²) in [4.78, 5) is 12.5. The highest BCUT2D eigenvalue weighted by atomic mass is 16.1. The van der Waals surface area contributed by atoms with E-state index in [4.69, 9.17) is 0 Å². The van der Waals surface area contributed by atoms with E-state index in [1.165, 1.54) is 0 Å². The summed E-state index contributed by atoms with van der Waals surface area (Å²) < 4.78 is 1.93. The number of nitrogens with zero attached hydrogens (tertiary/aromatic N) is 2. The van der Waals surface area contributed by atoms with Crippen LogP contribution < -0.4 is 5.43 Å². The topological polar surface area (TPSA) is 34.9 Å². The van der Waals surface area contributed by atoms with Gasteiger partial charge in [0.1, 0.15) is 0 Å². The highest BCUT2D eigenvalue weighted by Gasteiger charge is 2.10. The van der Waals surface area contributed by atoms with Gasteiger partial charge in [-0.05, 0) is 45.2 Å². The van der Waals surface area contributed by atoms with Gasteiger partial charge in [0, 0.05) is 12.0 Å². The van der Waals surface area contributed by atoms with Gasteiger partial charge in [0.05, 0.1) is 10.9 Å². The molecule has 116 valence electrons. The molecular formula is C19H24N2O. The molecule has 0 amide bonds. The number of aromatic nitrogens is 2. The minimum Gasteiger partial charge on any atom is -0.286 e. The van der Waals surface area contributed by atoms with Crippen LogP contribution in [-0.2, 0) is 6.54 Å². The molecule has 0 fully saturated rings. The van der Waals surface area contributed by atoms with E-state index in [1.807, 2.05) is 49.7 Å². The van der Waals surface area contributed by atoms with Crippen LogP contribution in [0.5, 0.6) is 0 Å². The molecule has 0 bridgehead atoms. The van der Waals surface area contributed by atoms with Crippen molar-refractivity contribution >= 4 is 10.9 Å². The number of unbranched alkanes of at least 4 members (excludes halogenated alkanes) is 2. The molecule has 0 saturated heterocycles. The predicted octanol–water partition coefficient (Wildman–Crippen LogP) is 3.98. The smallest absolute Gasteiger partial charge is 0.223 e. The summed E-state index contributed by atoms with van der Waals surface area (Å²) in [7, 11) is 0. The molecule has 22 heavy (non-hydrogen) atoms. The standard InChI is InChI=1S/C19H24N2O/c1-5-6-9-14-21-17-11-8-7-10-15(17)18(22)16(20-21)12-13-19(2,3)4/h7-8,10-11H,5-6,9,14H2,1-4H3. The molecule has 1 aromatic heterocycles. The molecule has 0 aliphatic heterocycles. The van der Waals surface area contributed by atoms with Gasteiger partial charge in [0.2, 0.25) is 5.43 Å². The van der Waals surface area contributed by atoms with Crippen molar-refractivity contribution in [3.8, 4) is 11.8 Å². The Morgan fingerprint density at radius 2 is 1.91 bits per heavy atom. The minimum atomic E-state index is -0.146. The highest BCUT2D eigenvalue weighted by molar-refractivity contribution is 5.79. The van der Waals surface area contributed by atoms with Crippen molar-refractivity contribution in [3.63, 3.8) is 0 Å². The highest BCUT2D eigenvalue weighted by Crippen LogP contribution is 2.12. The van der Waals surface area contributed by atoms with E-state index in [-0.39, 0.29) is 10.8 Å². The van der Waals surface area contributed by atoms with Gasteiger partial charge in [-0.25, -0.2) is 0 Å². The van der Waals surface area contributed by atoms with Crippen molar-refractivity contribution in [2.75, 3.05) is 0 Å². The van der Waals surface area contributed by atoms with Crippen LogP contribution in [0, 0.1) is 17.3 Å². The second kappa shape index (κ2) is 6.79. The monoisotopic (exact) mass is 296 g/mol. The Balaban J connectivity index is 2.55. The number of hydrogen-bond donors (Lipinski definition) is 0. The summed E-state index contributed by atoms with van der Waals surface area (Å²) in [6.45, 7) is 9.08. The lowest BCUT2D eigenvalue weighted by Crippen LogP contribution is -2.18. The molecule has 0 radical (unpaired) electrons. The van der Waals surface area contributed by atoms with E-state index < -0.39 is 0 Å². The summed E-state index contributed by atoms with van der Waals surface area (Å²) in [5.74, 6) is 6.09. The van der Waals surface area contributed by atoms with Crippen LogP contribution in [0.2, 0.25) is 0 Å². The molecule has 3 heteroatoms. The van der Waals surface area contributed by atoms with Crippen molar-refractivity contribution in [1.82, 2.24) is 9.78 Å².